The number of amidine groups is 1. The van der Waals surface area contributed by atoms with Crippen LogP contribution in [0, 0.1) is 0 Å². The molecule has 12 nitrogen and oxygen atoms in total. The first kappa shape index (κ1) is 32.1. The van der Waals surface area contributed by atoms with Crippen molar-refractivity contribution in [3.63, 3.8) is 0 Å². The van der Waals surface area contributed by atoms with Crippen LogP contribution in [0.2, 0.25) is 0 Å². The van der Waals surface area contributed by atoms with E-state index in [0.29, 0.717) is 26.1 Å². The van der Waals surface area contributed by atoms with Gasteiger partial charge in [-0.25, -0.2) is 13.2 Å². The molecule has 1 aliphatic rings. The van der Waals surface area contributed by atoms with Crippen molar-refractivity contribution in [2.75, 3.05) is 16.2 Å². The summed E-state index contributed by atoms with van der Waals surface area (Å²) in [5.41, 5.74) is -4.75. The lowest BCUT2D eigenvalue weighted by Gasteiger charge is -2.35. The number of fused-ring (bicyclic) bond motifs is 1. The summed E-state index contributed by atoms with van der Waals surface area (Å²) in [4.78, 5) is 14.6. The fourth-order valence-corrected chi connectivity index (χ4v) is 4.91. The Bertz CT molecular complexity index is 1510. The van der Waals surface area contributed by atoms with Crippen LogP contribution in [0.5, 0.6) is 5.75 Å². The summed E-state index contributed by atoms with van der Waals surface area (Å²) >= 11 is 0. The van der Waals surface area contributed by atoms with Gasteiger partial charge in [-0.3, -0.25) is 25.9 Å². The van der Waals surface area contributed by atoms with Gasteiger partial charge >= 0.3 is 24.3 Å². The molecule has 2 heterocycles. The van der Waals surface area contributed by atoms with Crippen LogP contribution in [0.3, 0.4) is 0 Å². The van der Waals surface area contributed by atoms with Gasteiger partial charge in [0.25, 0.3) is 10.0 Å². The third-order valence-corrected chi connectivity index (χ3v) is 7.38. The Morgan fingerprint density at radius 3 is 2.55 bits per heavy atom. The molecule has 0 fully saturated rings. The van der Waals surface area contributed by atoms with Crippen molar-refractivity contribution in [2.24, 2.45) is 16.2 Å². The number of hydrogen-bond acceptors (Lipinski definition) is 7. The van der Waals surface area contributed by atoms with Crippen molar-refractivity contribution in [3.05, 3.63) is 54.4 Å². The van der Waals surface area contributed by atoms with Gasteiger partial charge in [-0.15, -0.1) is 0 Å². The Hall–Kier alpha value is -4.42. The SMILES string of the molecule is CC(C)(OC(=O)Nc1ccc2c(c1)N(S(=O)(=O)c1ccnc(C(F)(F)F)c1)CC(/C=C/CC(=[NH2+])N=NN)O2)C(F)(F)F. The first-order chi connectivity index (χ1) is 19.3. The fraction of sp³-hybridized carbons (Fsp3) is 0.348. The smallest absolute Gasteiger partial charge is 0.433 e. The van der Waals surface area contributed by atoms with E-state index in [9.17, 15) is 39.6 Å². The monoisotopic (exact) mass is 624 g/mol. The fourth-order valence-electron chi connectivity index (χ4n) is 3.42. The maximum absolute atomic E-state index is 13.6. The zero-order valence-corrected chi connectivity index (χ0v) is 22.6. The zero-order valence-electron chi connectivity index (χ0n) is 21.8. The van der Waals surface area contributed by atoms with E-state index >= 15 is 0 Å². The lowest BCUT2D eigenvalue weighted by atomic mass is 10.1. The van der Waals surface area contributed by atoms with Crippen molar-refractivity contribution in [3.8, 4) is 5.75 Å². The number of nitrogens with two attached hydrogens (primary N) is 2. The highest BCUT2D eigenvalue weighted by molar-refractivity contribution is 7.92. The molecule has 1 atom stereocenters. The Morgan fingerprint density at radius 2 is 1.93 bits per heavy atom. The van der Waals surface area contributed by atoms with Gasteiger partial charge < -0.3 is 9.47 Å². The number of ether oxygens (including phenoxy) is 2. The topological polar surface area (TPSA) is 174 Å². The van der Waals surface area contributed by atoms with Gasteiger partial charge in [-0.05, 0) is 50.3 Å². The number of aromatic nitrogens is 1. The van der Waals surface area contributed by atoms with Crippen molar-refractivity contribution >= 4 is 33.3 Å². The quantitative estimate of drug-likeness (QED) is 0.0805. The Morgan fingerprint density at radius 1 is 1.24 bits per heavy atom. The number of benzene rings is 1. The maximum atomic E-state index is 13.6. The molecule has 3 rings (SSSR count). The van der Waals surface area contributed by atoms with E-state index in [4.69, 9.17) is 16.0 Å². The van der Waals surface area contributed by atoms with Crippen molar-refractivity contribution in [1.29, 1.82) is 0 Å². The molecule has 0 radical (unpaired) electrons. The number of hydrogen-bond donors (Lipinski definition) is 3. The van der Waals surface area contributed by atoms with Gasteiger partial charge in [-0.1, -0.05) is 6.08 Å². The molecule has 1 aliphatic heterocycles. The molecule has 42 heavy (non-hydrogen) atoms. The summed E-state index contributed by atoms with van der Waals surface area (Å²) in [5.74, 6) is 4.85. The molecule has 228 valence electrons. The zero-order chi connectivity index (χ0) is 31.5. The number of nitrogens with one attached hydrogen (secondary N) is 1. The van der Waals surface area contributed by atoms with Crippen LogP contribution in [0.25, 0.3) is 0 Å². The standard InChI is InChI=1S/C23H23F6N7O5S/c1-21(2,23(27,28)29)41-20(37)33-13-6-7-17-16(10-13)36(12-14(40-17)4-3-5-19(30)34-35-31)42(38,39)15-8-9-32-18(11-15)22(24,25)26/h3-4,6-11,14H,5,12H2,1-2H3,(H,33,37)(H3,30,31,34)/p+1/b4-3+. The molecular weight excluding hydrogens is 600 g/mol. The molecule has 19 heteroatoms. The van der Waals surface area contributed by atoms with Crippen LogP contribution in [0.1, 0.15) is 26.0 Å². The highest BCUT2D eigenvalue weighted by Gasteiger charge is 2.51. The molecule has 0 saturated heterocycles. The molecule has 0 spiro atoms. The number of sulfonamides is 1. The minimum atomic E-state index is -4.95. The lowest BCUT2D eigenvalue weighted by molar-refractivity contribution is -0.242. The van der Waals surface area contributed by atoms with E-state index in [1.54, 1.807) is 0 Å². The van der Waals surface area contributed by atoms with Gasteiger partial charge in [0.1, 0.15) is 17.5 Å². The van der Waals surface area contributed by atoms with Gasteiger partial charge in [0.15, 0.2) is 0 Å². The van der Waals surface area contributed by atoms with Crippen LogP contribution in [-0.2, 0) is 20.9 Å². The predicted octanol–water partition coefficient (Wildman–Crippen LogP) is 3.38. The van der Waals surface area contributed by atoms with Gasteiger partial charge in [0.05, 0.1) is 28.7 Å². The Labute approximate surface area is 234 Å². The predicted molar refractivity (Wildman–Crippen MR) is 135 cm³/mol. The van der Waals surface area contributed by atoms with E-state index < -0.39 is 57.3 Å². The molecule has 0 bridgehead atoms. The van der Waals surface area contributed by atoms with Crippen molar-refractivity contribution in [2.45, 2.75) is 49.2 Å². The van der Waals surface area contributed by atoms with Crippen LogP contribution in [-0.4, -0.2) is 49.8 Å². The lowest BCUT2D eigenvalue weighted by Crippen LogP contribution is -2.44. The number of pyridine rings is 1. The molecule has 1 amide bonds. The van der Waals surface area contributed by atoms with Crippen molar-refractivity contribution < 1.29 is 54.4 Å². The number of anilines is 2. The summed E-state index contributed by atoms with van der Waals surface area (Å²) in [6.07, 6.45) is -8.73. The second-order valence-corrected chi connectivity index (χ2v) is 11.0. The number of rotatable bonds is 7. The Kier molecular flexibility index (Phi) is 9.04. The Balaban J connectivity index is 2.01. The van der Waals surface area contributed by atoms with Crippen LogP contribution < -0.4 is 25.6 Å². The number of halogens is 6. The minimum absolute atomic E-state index is 0.0159. The van der Waals surface area contributed by atoms with Crippen LogP contribution in [0.15, 0.2) is 63.9 Å². The van der Waals surface area contributed by atoms with Crippen LogP contribution in [0.4, 0.5) is 42.5 Å². The van der Waals surface area contributed by atoms with E-state index in [1.165, 1.54) is 24.3 Å². The third-order valence-electron chi connectivity index (χ3n) is 5.60. The number of amides is 1. The van der Waals surface area contributed by atoms with Gasteiger partial charge in [0.2, 0.25) is 5.60 Å². The molecule has 1 aromatic carbocycles. The first-order valence-electron chi connectivity index (χ1n) is 11.7. The van der Waals surface area contributed by atoms with E-state index in [1.807, 2.05) is 0 Å². The van der Waals surface area contributed by atoms with E-state index in [2.05, 4.69) is 25.4 Å². The molecular formula is C23H24F6N7O5S+. The average molecular weight is 625 g/mol. The van der Waals surface area contributed by atoms with Gasteiger partial charge in [-0.2, -0.15) is 26.3 Å². The summed E-state index contributed by atoms with van der Waals surface area (Å²) in [6, 6.07) is 4.66. The molecule has 0 saturated carbocycles. The van der Waals surface area contributed by atoms with Crippen LogP contribution >= 0.6 is 0 Å². The van der Waals surface area contributed by atoms with E-state index in [0.717, 1.165) is 16.4 Å². The van der Waals surface area contributed by atoms with E-state index in [-0.39, 0.29) is 29.4 Å². The largest absolute Gasteiger partial charge is 0.482 e. The number of alkyl halides is 6. The molecule has 5 N–H and O–H groups in total. The highest BCUT2D eigenvalue weighted by atomic mass is 32.2. The summed E-state index contributed by atoms with van der Waals surface area (Å²) in [7, 11) is -4.73. The normalized spacial score (nSPS) is 16.3. The minimum Gasteiger partial charge on any atom is -0.482 e. The maximum Gasteiger partial charge on any atom is 0.433 e. The molecule has 2 aromatic rings. The molecule has 0 aliphatic carbocycles. The second kappa shape index (κ2) is 11.8. The number of nitrogens with zero attached hydrogens (tertiary/aromatic N) is 4. The highest BCUT2D eigenvalue weighted by Crippen LogP contribution is 2.40. The number of carbonyl (C=O) groups excluding carboxylic acids is 1. The third kappa shape index (κ3) is 7.45. The van der Waals surface area contributed by atoms with Gasteiger partial charge in [0, 0.05) is 17.1 Å². The molecule has 1 aromatic heterocycles. The van der Waals surface area contributed by atoms with Crippen molar-refractivity contribution in [1.82, 2.24) is 4.98 Å². The first-order valence-corrected chi connectivity index (χ1v) is 13.1. The summed E-state index contributed by atoms with van der Waals surface area (Å²) < 4.78 is 117. The second-order valence-electron chi connectivity index (χ2n) is 9.11. The average Bonchev–Trinajstić information content (AvgIpc) is 2.87. The summed E-state index contributed by atoms with van der Waals surface area (Å²) in [6.45, 7) is 0.787. The number of carbonyl (C=O) groups is 1. The summed E-state index contributed by atoms with van der Waals surface area (Å²) in [5, 5.41) is 14.1. The molecule has 1 unspecified atom stereocenters.